The third-order valence-corrected chi connectivity index (χ3v) is 6.56. The molecule has 36 heavy (non-hydrogen) atoms. The van der Waals surface area contributed by atoms with Gasteiger partial charge in [0.1, 0.15) is 6.33 Å². The summed E-state index contributed by atoms with van der Waals surface area (Å²) < 4.78 is 9.93. The number of aryl methyl sites for hydroxylation is 1. The number of benzene rings is 2. The Morgan fingerprint density at radius 3 is 2.64 bits per heavy atom. The molecule has 9 heteroatoms. The maximum absolute atomic E-state index is 6.45. The SMILES string of the molecule is Cc1nn(-c2cccc(Cl)c2)c2c1[C@H](c1ccccc1)c1c(ncn3nc(-c4cccnc4)nc13)O2. The summed E-state index contributed by atoms with van der Waals surface area (Å²) in [7, 11) is 0. The molecule has 0 radical (unpaired) electrons. The van der Waals surface area contributed by atoms with Crippen molar-refractivity contribution in [2.45, 2.75) is 12.8 Å². The van der Waals surface area contributed by atoms with Crippen LogP contribution in [0.1, 0.15) is 28.3 Å². The second-order valence-corrected chi connectivity index (χ2v) is 8.99. The van der Waals surface area contributed by atoms with Crippen molar-refractivity contribution in [1.82, 2.24) is 34.3 Å². The van der Waals surface area contributed by atoms with Gasteiger partial charge in [0.15, 0.2) is 11.5 Å². The molecule has 0 aliphatic carbocycles. The molecule has 5 heterocycles. The second-order valence-electron chi connectivity index (χ2n) is 8.55. The summed E-state index contributed by atoms with van der Waals surface area (Å²) in [5, 5.41) is 10.1. The second kappa shape index (κ2) is 8.00. The smallest absolute Gasteiger partial charge is 0.230 e. The lowest BCUT2D eigenvalue weighted by molar-refractivity contribution is 0.402. The number of halogens is 1. The molecule has 0 amide bonds. The summed E-state index contributed by atoms with van der Waals surface area (Å²) in [4.78, 5) is 13.8. The van der Waals surface area contributed by atoms with Crippen molar-refractivity contribution in [1.29, 1.82) is 0 Å². The highest BCUT2D eigenvalue weighted by molar-refractivity contribution is 6.30. The summed E-state index contributed by atoms with van der Waals surface area (Å²) in [6.07, 6.45) is 5.10. The van der Waals surface area contributed by atoms with Gasteiger partial charge in [0, 0.05) is 23.0 Å². The number of aromatic nitrogens is 7. The Morgan fingerprint density at radius 1 is 0.944 bits per heavy atom. The van der Waals surface area contributed by atoms with Crippen molar-refractivity contribution in [3.63, 3.8) is 0 Å². The van der Waals surface area contributed by atoms with E-state index in [-0.39, 0.29) is 5.92 Å². The van der Waals surface area contributed by atoms with Gasteiger partial charge in [0.05, 0.1) is 28.4 Å². The first-order chi connectivity index (χ1) is 17.7. The number of ether oxygens (including phenoxy) is 1. The minimum absolute atomic E-state index is 0.208. The first kappa shape index (κ1) is 20.8. The van der Waals surface area contributed by atoms with E-state index in [1.54, 1.807) is 27.9 Å². The summed E-state index contributed by atoms with van der Waals surface area (Å²) >= 11 is 6.29. The van der Waals surface area contributed by atoms with Gasteiger partial charge in [-0.3, -0.25) is 4.98 Å². The highest BCUT2D eigenvalue weighted by Crippen LogP contribution is 2.49. The van der Waals surface area contributed by atoms with Gasteiger partial charge >= 0.3 is 0 Å². The third-order valence-electron chi connectivity index (χ3n) is 6.33. The van der Waals surface area contributed by atoms with Crippen LogP contribution < -0.4 is 4.74 Å². The van der Waals surface area contributed by atoms with Gasteiger partial charge < -0.3 is 4.74 Å². The number of hydrogen-bond acceptors (Lipinski definition) is 6. The lowest BCUT2D eigenvalue weighted by atomic mass is 9.84. The molecular formula is C27H18ClN7O. The van der Waals surface area contributed by atoms with Crippen LogP contribution in [0.5, 0.6) is 11.8 Å². The monoisotopic (exact) mass is 491 g/mol. The van der Waals surface area contributed by atoms with E-state index in [4.69, 9.17) is 26.4 Å². The zero-order valence-electron chi connectivity index (χ0n) is 19.1. The van der Waals surface area contributed by atoms with E-state index >= 15 is 0 Å². The van der Waals surface area contributed by atoms with Gasteiger partial charge in [-0.05, 0) is 42.8 Å². The quantitative estimate of drug-likeness (QED) is 0.319. The molecule has 174 valence electrons. The molecule has 1 aliphatic rings. The first-order valence-corrected chi connectivity index (χ1v) is 11.8. The Hall–Kier alpha value is -4.56. The van der Waals surface area contributed by atoms with Crippen molar-refractivity contribution in [2.24, 2.45) is 0 Å². The van der Waals surface area contributed by atoms with Crippen molar-refractivity contribution < 1.29 is 4.74 Å². The van der Waals surface area contributed by atoms with Crippen LogP contribution in [0.3, 0.4) is 0 Å². The van der Waals surface area contributed by atoms with E-state index in [0.717, 1.165) is 33.6 Å². The van der Waals surface area contributed by atoms with E-state index in [9.17, 15) is 0 Å². The molecule has 4 aromatic heterocycles. The van der Waals surface area contributed by atoms with Crippen LogP contribution in [0.4, 0.5) is 0 Å². The normalized spacial score (nSPS) is 14.3. The maximum atomic E-state index is 6.45. The van der Waals surface area contributed by atoms with Gasteiger partial charge in [0.25, 0.3) is 0 Å². The molecular weight excluding hydrogens is 474 g/mol. The van der Waals surface area contributed by atoms with E-state index in [1.165, 1.54) is 0 Å². The predicted molar refractivity (Wildman–Crippen MR) is 135 cm³/mol. The standard InChI is InChI=1S/C27H18ClN7O/c1-16-21-22(17-7-3-2-4-8-17)23-25-31-24(18-9-6-12-29-14-18)33-34(25)15-30-26(23)36-27(21)35(32-16)20-11-5-10-19(28)13-20/h2-15,22H,1H3/t22-/m0/s1. The van der Waals surface area contributed by atoms with Crippen LogP contribution in [0.15, 0.2) is 85.5 Å². The van der Waals surface area contributed by atoms with Gasteiger partial charge in [0.2, 0.25) is 11.8 Å². The number of nitrogens with zero attached hydrogens (tertiary/aromatic N) is 7. The zero-order chi connectivity index (χ0) is 24.2. The van der Waals surface area contributed by atoms with Gasteiger partial charge in [-0.2, -0.15) is 5.10 Å². The van der Waals surface area contributed by atoms with Crippen molar-refractivity contribution in [3.8, 4) is 28.8 Å². The van der Waals surface area contributed by atoms with Crippen molar-refractivity contribution >= 4 is 17.2 Å². The molecule has 8 nitrogen and oxygen atoms in total. The average Bonchev–Trinajstić information content (AvgIpc) is 3.50. The molecule has 0 fully saturated rings. The molecule has 0 saturated carbocycles. The largest absolute Gasteiger partial charge is 0.420 e. The Bertz CT molecular complexity index is 1750. The van der Waals surface area contributed by atoms with E-state index in [1.807, 2.05) is 61.5 Å². The lowest BCUT2D eigenvalue weighted by Gasteiger charge is -2.26. The summed E-state index contributed by atoms with van der Waals surface area (Å²) in [6.45, 7) is 1.99. The molecule has 7 rings (SSSR count). The van der Waals surface area contributed by atoms with Crippen LogP contribution in [0, 0.1) is 6.92 Å². The summed E-state index contributed by atoms with van der Waals surface area (Å²) in [5.74, 6) is 1.44. The zero-order valence-corrected chi connectivity index (χ0v) is 19.8. The highest BCUT2D eigenvalue weighted by atomic mass is 35.5. The van der Waals surface area contributed by atoms with Crippen LogP contribution >= 0.6 is 11.6 Å². The van der Waals surface area contributed by atoms with Crippen LogP contribution in [0.25, 0.3) is 22.7 Å². The van der Waals surface area contributed by atoms with Crippen molar-refractivity contribution in [2.75, 3.05) is 0 Å². The molecule has 2 aromatic carbocycles. The fraction of sp³-hybridized carbons (Fsp3) is 0.0741. The Kier molecular flexibility index (Phi) is 4.62. The van der Waals surface area contributed by atoms with Crippen LogP contribution in [-0.2, 0) is 0 Å². The number of hydrogen-bond donors (Lipinski definition) is 0. The first-order valence-electron chi connectivity index (χ1n) is 11.4. The number of fused-ring (bicyclic) bond motifs is 4. The Labute approximate surface area is 210 Å². The lowest BCUT2D eigenvalue weighted by Crippen LogP contribution is -2.16. The van der Waals surface area contributed by atoms with E-state index in [0.29, 0.717) is 28.3 Å². The molecule has 0 spiro atoms. The van der Waals surface area contributed by atoms with Gasteiger partial charge in [-0.15, -0.1) is 5.10 Å². The number of pyridine rings is 1. The minimum atomic E-state index is -0.208. The molecule has 1 aliphatic heterocycles. The van der Waals surface area contributed by atoms with Crippen molar-refractivity contribution in [3.05, 3.63) is 113 Å². The Balaban J connectivity index is 1.49. The minimum Gasteiger partial charge on any atom is -0.420 e. The van der Waals surface area contributed by atoms with E-state index < -0.39 is 0 Å². The molecule has 0 unspecified atom stereocenters. The molecule has 0 N–H and O–H groups in total. The van der Waals surface area contributed by atoms with E-state index in [2.05, 4.69) is 27.2 Å². The highest BCUT2D eigenvalue weighted by Gasteiger charge is 2.38. The van der Waals surface area contributed by atoms with Gasteiger partial charge in [-0.25, -0.2) is 19.2 Å². The topological polar surface area (TPSA) is 83.0 Å². The fourth-order valence-electron chi connectivity index (χ4n) is 4.76. The van der Waals surface area contributed by atoms with Crippen LogP contribution in [0.2, 0.25) is 5.02 Å². The molecule has 0 saturated heterocycles. The third kappa shape index (κ3) is 3.19. The maximum Gasteiger partial charge on any atom is 0.230 e. The molecule has 0 bridgehead atoms. The molecule has 1 atom stereocenters. The Morgan fingerprint density at radius 2 is 1.83 bits per heavy atom. The predicted octanol–water partition coefficient (Wildman–Crippen LogP) is 5.62. The van der Waals surface area contributed by atoms with Gasteiger partial charge in [-0.1, -0.05) is 48.0 Å². The number of rotatable bonds is 3. The molecule has 6 aromatic rings. The van der Waals surface area contributed by atoms with Crippen LogP contribution in [-0.4, -0.2) is 34.3 Å². The average molecular weight is 492 g/mol. The summed E-state index contributed by atoms with van der Waals surface area (Å²) in [5.41, 5.74) is 6.03. The fourth-order valence-corrected chi connectivity index (χ4v) is 4.94. The summed E-state index contributed by atoms with van der Waals surface area (Å²) in [6, 6.07) is 21.6.